The van der Waals surface area contributed by atoms with Gasteiger partial charge in [0.2, 0.25) is 5.95 Å². The van der Waals surface area contributed by atoms with E-state index in [1.54, 1.807) is 11.3 Å². The Balaban J connectivity index is 2.54. The number of hydrogen-bond acceptors (Lipinski definition) is 3. The maximum atomic E-state index is 5.66. The van der Waals surface area contributed by atoms with Crippen molar-refractivity contribution >= 4 is 33.2 Å². The highest BCUT2D eigenvalue weighted by Gasteiger charge is 2.04. The zero-order valence-electron chi connectivity index (χ0n) is 6.07. The second-order valence-electron chi connectivity index (χ2n) is 2.24. The molecule has 0 fully saturated rings. The van der Waals surface area contributed by atoms with Crippen LogP contribution in [0.2, 0.25) is 0 Å². The Bertz CT molecular complexity index is 379. The van der Waals surface area contributed by atoms with Crippen molar-refractivity contribution in [3.8, 4) is 5.00 Å². The normalized spacial score (nSPS) is 10.4. The van der Waals surface area contributed by atoms with Gasteiger partial charge in [-0.3, -0.25) is 4.57 Å². The van der Waals surface area contributed by atoms with Crippen LogP contribution >= 0.6 is 27.3 Å². The van der Waals surface area contributed by atoms with Gasteiger partial charge in [-0.15, -0.1) is 11.3 Å². The molecule has 62 valence electrons. The van der Waals surface area contributed by atoms with E-state index in [0.29, 0.717) is 5.95 Å². The van der Waals surface area contributed by atoms with Gasteiger partial charge in [0.15, 0.2) is 0 Å². The number of aromatic nitrogens is 2. The molecule has 2 aromatic heterocycles. The van der Waals surface area contributed by atoms with Crippen molar-refractivity contribution in [1.29, 1.82) is 0 Å². The minimum Gasteiger partial charge on any atom is -0.369 e. The van der Waals surface area contributed by atoms with Crippen LogP contribution in [0.4, 0.5) is 5.95 Å². The van der Waals surface area contributed by atoms with E-state index < -0.39 is 0 Å². The number of hydrogen-bond donors (Lipinski definition) is 1. The largest absolute Gasteiger partial charge is 0.369 e. The van der Waals surface area contributed by atoms with Crippen LogP contribution in [0.3, 0.4) is 0 Å². The Morgan fingerprint density at radius 2 is 2.42 bits per heavy atom. The van der Waals surface area contributed by atoms with Crippen LogP contribution in [0.25, 0.3) is 5.00 Å². The Labute approximate surface area is 82.0 Å². The summed E-state index contributed by atoms with van der Waals surface area (Å²) < 4.78 is 2.60. The van der Waals surface area contributed by atoms with Gasteiger partial charge in [-0.25, -0.2) is 4.98 Å². The smallest absolute Gasteiger partial charge is 0.206 e. The van der Waals surface area contributed by atoms with E-state index >= 15 is 0 Å². The first-order chi connectivity index (χ1) is 5.77. The van der Waals surface area contributed by atoms with Gasteiger partial charge in [-0.1, -0.05) is 0 Å². The maximum Gasteiger partial charge on any atom is 0.206 e. The lowest BCUT2D eigenvalue weighted by Crippen LogP contribution is -1.96. The molecule has 0 spiro atoms. The average Bonchev–Trinajstić information content (AvgIpc) is 2.58. The zero-order chi connectivity index (χ0) is 8.55. The van der Waals surface area contributed by atoms with E-state index in [0.717, 1.165) is 9.60 Å². The summed E-state index contributed by atoms with van der Waals surface area (Å²) >= 11 is 4.89. The van der Waals surface area contributed by atoms with Crippen LogP contribution in [-0.4, -0.2) is 9.55 Å². The minimum absolute atomic E-state index is 0.504. The Kier molecular flexibility index (Phi) is 1.90. The lowest BCUT2D eigenvalue weighted by atomic mass is 10.6. The Morgan fingerprint density at radius 3 is 2.92 bits per heavy atom. The van der Waals surface area contributed by atoms with Crippen LogP contribution < -0.4 is 5.73 Å². The second-order valence-corrected chi connectivity index (χ2v) is 3.98. The van der Waals surface area contributed by atoms with Crippen molar-refractivity contribution in [1.82, 2.24) is 9.55 Å². The average molecular weight is 244 g/mol. The maximum absolute atomic E-state index is 5.66. The number of rotatable bonds is 1. The molecule has 0 unspecified atom stereocenters. The van der Waals surface area contributed by atoms with Crippen molar-refractivity contribution in [2.75, 3.05) is 5.73 Å². The summed E-state index contributed by atoms with van der Waals surface area (Å²) in [7, 11) is 0. The standard InChI is InChI=1S/C7H6BrN3S/c8-5-4-11(7(9)10-5)6-2-1-3-12-6/h1-4H,(H2,9,10). The summed E-state index contributed by atoms with van der Waals surface area (Å²) in [5.41, 5.74) is 5.66. The third-order valence-corrected chi connectivity index (χ3v) is 2.70. The van der Waals surface area contributed by atoms with E-state index in [2.05, 4.69) is 20.9 Å². The van der Waals surface area contributed by atoms with E-state index in [4.69, 9.17) is 5.73 Å². The molecule has 0 saturated carbocycles. The molecule has 2 rings (SSSR count). The summed E-state index contributed by atoms with van der Waals surface area (Å²) in [6.07, 6.45) is 1.85. The fourth-order valence-electron chi connectivity index (χ4n) is 0.948. The van der Waals surface area contributed by atoms with Crippen LogP contribution in [0, 0.1) is 0 Å². The van der Waals surface area contributed by atoms with E-state index in [1.807, 2.05) is 28.3 Å². The van der Waals surface area contributed by atoms with Crippen LogP contribution in [0.1, 0.15) is 0 Å². The number of nitrogens with zero attached hydrogens (tertiary/aromatic N) is 2. The van der Waals surface area contributed by atoms with Gasteiger partial charge in [-0.2, -0.15) is 0 Å². The van der Waals surface area contributed by atoms with Gasteiger partial charge in [0.25, 0.3) is 0 Å². The predicted octanol–water partition coefficient (Wildman–Crippen LogP) is 2.28. The molecular formula is C7H6BrN3S. The molecule has 2 aromatic rings. The molecule has 0 bridgehead atoms. The summed E-state index contributed by atoms with van der Waals surface area (Å²) in [6, 6.07) is 3.97. The van der Waals surface area contributed by atoms with Gasteiger partial charge in [0.05, 0.1) is 0 Å². The lowest BCUT2D eigenvalue weighted by Gasteiger charge is -1.97. The first-order valence-electron chi connectivity index (χ1n) is 3.31. The van der Waals surface area contributed by atoms with Gasteiger partial charge >= 0.3 is 0 Å². The predicted molar refractivity (Wildman–Crippen MR) is 53.6 cm³/mol. The van der Waals surface area contributed by atoms with Crippen molar-refractivity contribution in [3.63, 3.8) is 0 Å². The van der Waals surface area contributed by atoms with E-state index in [1.165, 1.54) is 0 Å². The molecule has 0 aliphatic heterocycles. The van der Waals surface area contributed by atoms with Crippen LogP contribution in [-0.2, 0) is 0 Å². The van der Waals surface area contributed by atoms with Gasteiger partial charge in [0, 0.05) is 6.20 Å². The molecule has 0 aliphatic carbocycles. The number of halogens is 1. The molecule has 0 aromatic carbocycles. The van der Waals surface area contributed by atoms with Crippen LogP contribution in [0.15, 0.2) is 28.3 Å². The fraction of sp³-hybridized carbons (Fsp3) is 0. The summed E-state index contributed by atoms with van der Waals surface area (Å²) in [5, 5.41) is 3.08. The molecule has 0 saturated heterocycles. The zero-order valence-corrected chi connectivity index (χ0v) is 8.47. The Morgan fingerprint density at radius 1 is 1.58 bits per heavy atom. The van der Waals surface area contributed by atoms with Crippen molar-refractivity contribution < 1.29 is 0 Å². The van der Waals surface area contributed by atoms with Gasteiger partial charge < -0.3 is 5.73 Å². The van der Waals surface area contributed by atoms with Crippen LogP contribution in [0.5, 0.6) is 0 Å². The molecule has 3 nitrogen and oxygen atoms in total. The van der Waals surface area contributed by atoms with E-state index in [-0.39, 0.29) is 0 Å². The topological polar surface area (TPSA) is 43.8 Å². The fourth-order valence-corrected chi connectivity index (χ4v) is 2.05. The highest BCUT2D eigenvalue weighted by molar-refractivity contribution is 9.10. The number of thiophene rings is 1. The second kappa shape index (κ2) is 2.91. The molecule has 5 heteroatoms. The summed E-state index contributed by atoms with van der Waals surface area (Å²) in [6.45, 7) is 0. The highest BCUT2D eigenvalue weighted by atomic mass is 79.9. The SMILES string of the molecule is Nc1nc(Br)cn1-c1cccs1. The summed E-state index contributed by atoms with van der Waals surface area (Å²) in [4.78, 5) is 4.03. The molecular weight excluding hydrogens is 238 g/mol. The molecule has 12 heavy (non-hydrogen) atoms. The lowest BCUT2D eigenvalue weighted by molar-refractivity contribution is 1.10. The third kappa shape index (κ3) is 1.25. The Hall–Kier alpha value is -0.810. The highest BCUT2D eigenvalue weighted by Crippen LogP contribution is 2.21. The van der Waals surface area contributed by atoms with Gasteiger partial charge in [-0.05, 0) is 33.4 Å². The molecule has 0 amide bonds. The third-order valence-electron chi connectivity index (χ3n) is 1.45. The van der Waals surface area contributed by atoms with Crippen molar-refractivity contribution in [2.45, 2.75) is 0 Å². The van der Waals surface area contributed by atoms with Crippen molar-refractivity contribution in [2.24, 2.45) is 0 Å². The summed E-state index contributed by atoms with van der Waals surface area (Å²) in [5.74, 6) is 0.504. The molecule has 0 radical (unpaired) electrons. The number of nitrogen functional groups attached to an aromatic ring is 1. The van der Waals surface area contributed by atoms with Crippen molar-refractivity contribution in [3.05, 3.63) is 28.3 Å². The first kappa shape index (κ1) is 7.82. The minimum atomic E-state index is 0.504. The number of nitrogens with two attached hydrogens (primary N) is 1. The van der Waals surface area contributed by atoms with E-state index in [9.17, 15) is 0 Å². The number of anilines is 1. The first-order valence-corrected chi connectivity index (χ1v) is 4.99. The molecule has 2 N–H and O–H groups in total. The number of imidazole rings is 1. The molecule has 2 heterocycles. The molecule has 0 aliphatic rings. The monoisotopic (exact) mass is 243 g/mol. The van der Waals surface area contributed by atoms with Gasteiger partial charge in [0.1, 0.15) is 9.60 Å². The molecule has 0 atom stereocenters. The quantitative estimate of drug-likeness (QED) is 0.836.